The molecular formula is C9H8BrN3O3S2. The monoisotopic (exact) mass is 349 g/mol. The van der Waals surface area contributed by atoms with E-state index in [0.29, 0.717) is 27.3 Å². The molecule has 2 aromatic rings. The van der Waals surface area contributed by atoms with Crippen LogP contribution >= 0.6 is 27.3 Å². The highest BCUT2D eigenvalue weighted by molar-refractivity contribution is 9.10. The number of aromatic nitrogens is 2. The number of halogens is 1. The summed E-state index contributed by atoms with van der Waals surface area (Å²) < 4.78 is 27.0. The Morgan fingerprint density at radius 3 is 2.67 bits per heavy atom. The first-order valence-electron chi connectivity index (χ1n) is 4.72. The van der Waals surface area contributed by atoms with E-state index in [9.17, 15) is 13.2 Å². The maximum absolute atomic E-state index is 12.0. The smallest absolute Gasteiger partial charge is 0.306 e. The van der Waals surface area contributed by atoms with Gasteiger partial charge in [-0.1, -0.05) is 11.3 Å². The van der Waals surface area contributed by atoms with E-state index in [4.69, 9.17) is 0 Å². The van der Waals surface area contributed by atoms with Crippen molar-refractivity contribution in [2.45, 2.75) is 11.1 Å². The van der Waals surface area contributed by atoms with Crippen LogP contribution in [0.4, 0.5) is 5.69 Å². The van der Waals surface area contributed by atoms with Crippen molar-refractivity contribution in [3.05, 3.63) is 38.3 Å². The average molecular weight is 350 g/mol. The fourth-order valence-corrected chi connectivity index (χ4v) is 3.86. The van der Waals surface area contributed by atoms with Gasteiger partial charge in [-0.15, -0.1) is 0 Å². The van der Waals surface area contributed by atoms with Crippen molar-refractivity contribution >= 4 is 43.0 Å². The van der Waals surface area contributed by atoms with Gasteiger partial charge in [0.15, 0.2) is 4.21 Å². The molecule has 0 unspecified atom stereocenters. The van der Waals surface area contributed by atoms with Crippen LogP contribution in [0.2, 0.25) is 0 Å². The second-order valence-corrected chi connectivity index (χ2v) is 7.08. The zero-order valence-corrected chi connectivity index (χ0v) is 12.3. The average Bonchev–Trinajstić information content (AvgIpc) is 2.62. The van der Waals surface area contributed by atoms with Gasteiger partial charge in [0.25, 0.3) is 10.0 Å². The Bertz CT molecular complexity index is 718. The molecule has 0 bridgehead atoms. The zero-order chi connectivity index (χ0) is 13.3. The van der Waals surface area contributed by atoms with Crippen LogP contribution in [0.5, 0.6) is 0 Å². The molecule has 2 rings (SSSR count). The van der Waals surface area contributed by atoms with Gasteiger partial charge in [-0.3, -0.25) is 9.52 Å². The van der Waals surface area contributed by atoms with Gasteiger partial charge >= 0.3 is 4.87 Å². The number of H-pyrrole nitrogens is 1. The quantitative estimate of drug-likeness (QED) is 0.825. The molecule has 0 spiro atoms. The third kappa shape index (κ3) is 2.79. The fourth-order valence-electron chi connectivity index (χ4n) is 1.28. The van der Waals surface area contributed by atoms with Gasteiger partial charge in [0.05, 0.1) is 11.9 Å². The Hall–Kier alpha value is -1.19. The van der Waals surface area contributed by atoms with Crippen molar-refractivity contribution < 1.29 is 8.42 Å². The Labute approximate surface area is 115 Å². The molecule has 0 aliphatic heterocycles. The summed E-state index contributed by atoms with van der Waals surface area (Å²) in [5.74, 6) is 0. The summed E-state index contributed by atoms with van der Waals surface area (Å²) in [4.78, 5) is 17.0. The minimum absolute atomic E-state index is 0.0181. The number of hydrogen-bond acceptors (Lipinski definition) is 5. The largest absolute Gasteiger partial charge is 0.315 e. The lowest BCUT2D eigenvalue weighted by molar-refractivity contribution is 0.602. The standard InChI is InChI=1S/C9H8BrN3O3S2/c1-5-8(17-9(14)12-5)18(15,16)13-6-2-3-7(10)11-4-6/h2-4,13H,1H3,(H,12,14). The maximum atomic E-state index is 12.0. The topological polar surface area (TPSA) is 91.9 Å². The number of nitrogens with zero attached hydrogens (tertiary/aromatic N) is 1. The van der Waals surface area contributed by atoms with Crippen molar-refractivity contribution in [2.24, 2.45) is 0 Å². The summed E-state index contributed by atoms with van der Waals surface area (Å²) in [5.41, 5.74) is 0.654. The minimum atomic E-state index is -3.75. The predicted molar refractivity (Wildman–Crippen MR) is 72.4 cm³/mol. The van der Waals surface area contributed by atoms with E-state index in [2.05, 4.69) is 30.6 Å². The number of hydrogen-bond donors (Lipinski definition) is 2. The van der Waals surface area contributed by atoms with Gasteiger partial charge < -0.3 is 4.98 Å². The number of sulfonamides is 1. The molecular weight excluding hydrogens is 342 g/mol. The van der Waals surface area contributed by atoms with E-state index in [1.807, 2.05) is 0 Å². The summed E-state index contributed by atoms with van der Waals surface area (Å²) in [5, 5.41) is 0. The normalized spacial score (nSPS) is 11.4. The maximum Gasteiger partial charge on any atom is 0.306 e. The molecule has 18 heavy (non-hydrogen) atoms. The van der Waals surface area contributed by atoms with E-state index in [1.165, 1.54) is 13.1 Å². The van der Waals surface area contributed by atoms with Crippen molar-refractivity contribution in [1.82, 2.24) is 9.97 Å². The lowest BCUT2D eigenvalue weighted by Crippen LogP contribution is -2.12. The van der Waals surface area contributed by atoms with E-state index >= 15 is 0 Å². The van der Waals surface area contributed by atoms with Crippen molar-refractivity contribution in [3.8, 4) is 0 Å². The molecule has 0 saturated heterocycles. The van der Waals surface area contributed by atoms with Gasteiger partial charge in [-0.2, -0.15) is 0 Å². The number of thiazole rings is 1. The second-order valence-electron chi connectivity index (χ2n) is 3.40. The lowest BCUT2D eigenvalue weighted by atomic mass is 10.4. The van der Waals surface area contributed by atoms with Crippen LogP contribution in [0.1, 0.15) is 5.69 Å². The zero-order valence-electron chi connectivity index (χ0n) is 9.10. The molecule has 0 aromatic carbocycles. The first-order chi connectivity index (χ1) is 8.38. The highest BCUT2D eigenvalue weighted by Gasteiger charge is 2.20. The SMILES string of the molecule is Cc1[nH]c(=O)sc1S(=O)(=O)Nc1ccc(Br)nc1. The van der Waals surface area contributed by atoms with E-state index in [0.717, 1.165) is 0 Å². The molecule has 0 aliphatic carbocycles. The molecule has 0 amide bonds. The number of aromatic amines is 1. The summed E-state index contributed by atoms with van der Waals surface area (Å²) >= 11 is 3.80. The third-order valence-electron chi connectivity index (χ3n) is 2.00. The fraction of sp³-hybridized carbons (Fsp3) is 0.111. The molecule has 0 fully saturated rings. The molecule has 9 heteroatoms. The van der Waals surface area contributed by atoms with E-state index in [-0.39, 0.29) is 4.21 Å². The van der Waals surface area contributed by atoms with Crippen molar-refractivity contribution in [2.75, 3.05) is 4.72 Å². The molecule has 0 atom stereocenters. The van der Waals surface area contributed by atoms with Crippen molar-refractivity contribution in [3.63, 3.8) is 0 Å². The first kappa shape index (κ1) is 13.2. The van der Waals surface area contributed by atoms with Crippen LogP contribution in [0.15, 0.2) is 31.9 Å². The Balaban J connectivity index is 2.36. The summed E-state index contributed by atoms with van der Waals surface area (Å²) in [6.07, 6.45) is 1.38. The van der Waals surface area contributed by atoms with Gasteiger partial charge in [0.1, 0.15) is 4.60 Å². The van der Waals surface area contributed by atoms with Gasteiger partial charge in [0, 0.05) is 5.69 Å². The van der Waals surface area contributed by atoms with Gasteiger partial charge in [-0.05, 0) is 35.0 Å². The summed E-state index contributed by atoms with van der Waals surface area (Å²) in [6, 6.07) is 3.18. The Morgan fingerprint density at radius 2 is 2.17 bits per heavy atom. The molecule has 0 radical (unpaired) electrons. The molecule has 2 aromatic heterocycles. The Morgan fingerprint density at radius 1 is 1.44 bits per heavy atom. The molecule has 96 valence electrons. The van der Waals surface area contributed by atoms with E-state index in [1.54, 1.807) is 12.1 Å². The summed E-state index contributed by atoms with van der Waals surface area (Å²) in [7, 11) is -3.75. The molecule has 2 N–H and O–H groups in total. The number of aryl methyl sites for hydroxylation is 1. The van der Waals surface area contributed by atoms with Crippen LogP contribution in [-0.4, -0.2) is 18.4 Å². The molecule has 2 heterocycles. The van der Waals surface area contributed by atoms with Crippen LogP contribution in [0, 0.1) is 6.92 Å². The third-order valence-corrected chi connectivity index (χ3v) is 5.46. The van der Waals surface area contributed by atoms with Crippen LogP contribution < -0.4 is 9.60 Å². The molecule has 6 nitrogen and oxygen atoms in total. The van der Waals surface area contributed by atoms with Crippen LogP contribution in [0.3, 0.4) is 0 Å². The molecule has 0 saturated carbocycles. The lowest BCUT2D eigenvalue weighted by Gasteiger charge is -2.06. The number of pyridine rings is 1. The number of rotatable bonds is 3. The minimum Gasteiger partial charge on any atom is -0.315 e. The van der Waals surface area contributed by atoms with Gasteiger partial charge in [-0.25, -0.2) is 13.4 Å². The van der Waals surface area contributed by atoms with Gasteiger partial charge in [0.2, 0.25) is 0 Å². The summed E-state index contributed by atoms with van der Waals surface area (Å²) in [6.45, 7) is 1.53. The van der Waals surface area contributed by atoms with Crippen molar-refractivity contribution in [1.29, 1.82) is 0 Å². The Kier molecular flexibility index (Phi) is 3.55. The van der Waals surface area contributed by atoms with Crippen LogP contribution in [0.25, 0.3) is 0 Å². The van der Waals surface area contributed by atoms with E-state index < -0.39 is 14.9 Å². The van der Waals surface area contributed by atoms with Crippen LogP contribution in [-0.2, 0) is 10.0 Å². The predicted octanol–water partition coefficient (Wildman–Crippen LogP) is 1.70. The number of nitrogens with one attached hydrogen (secondary N) is 2. The highest BCUT2D eigenvalue weighted by atomic mass is 79.9. The molecule has 0 aliphatic rings. The highest BCUT2D eigenvalue weighted by Crippen LogP contribution is 2.20. The first-order valence-corrected chi connectivity index (χ1v) is 7.82. The number of anilines is 1. The second kappa shape index (κ2) is 4.82.